The van der Waals surface area contributed by atoms with Crippen LogP contribution in [0.15, 0.2) is 0 Å². The first-order valence-corrected chi connectivity index (χ1v) is 4.41. The second kappa shape index (κ2) is 3.01. The molecule has 0 spiro atoms. The minimum absolute atomic E-state index is 0.0880. The number of carbonyl (C=O) groups is 2. The molecule has 0 saturated carbocycles. The first-order valence-electron chi connectivity index (χ1n) is 4.41. The number of carbonyl (C=O) groups excluding carboxylic acids is 2. The van der Waals surface area contributed by atoms with Gasteiger partial charge in [0.2, 0.25) is 11.8 Å². The lowest BCUT2D eigenvalue weighted by Crippen LogP contribution is -2.57. The molecular formula is C9H16N2O2. The van der Waals surface area contributed by atoms with Crippen LogP contribution in [0.5, 0.6) is 0 Å². The molecule has 13 heavy (non-hydrogen) atoms. The van der Waals surface area contributed by atoms with Gasteiger partial charge in [-0.15, -0.1) is 0 Å². The van der Waals surface area contributed by atoms with Crippen LogP contribution in [0.1, 0.15) is 20.8 Å². The second-order valence-electron chi connectivity index (χ2n) is 4.56. The van der Waals surface area contributed by atoms with Gasteiger partial charge in [-0.2, -0.15) is 0 Å². The van der Waals surface area contributed by atoms with Gasteiger partial charge >= 0.3 is 0 Å². The number of amides is 2. The Balaban J connectivity index is 2.44. The lowest BCUT2D eigenvalue weighted by Gasteiger charge is -2.40. The average Bonchev–Trinajstić information content (AvgIpc) is 1.80. The second-order valence-corrected chi connectivity index (χ2v) is 4.56. The Morgan fingerprint density at radius 3 is 2.08 bits per heavy atom. The summed E-state index contributed by atoms with van der Waals surface area (Å²) in [5.74, 6) is -0.353. The van der Waals surface area contributed by atoms with E-state index in [0.29, 0.717) is 13.1 Å². The summed E-state index contributed by atoms with van der Waals surface area (Å²) in [5, 5.41) is 0. The van der Waals surface area contributed by atoms with Crippen LogP contribution in [0.2, 0.25) is 0 Å². The molecule has 4 heteroatoms. The van der Waals surface area contributed by atoms with Crippen molar-refractivity contribution in [2.45, 2.75) is 20.8 Å². The van der Waals surface area contributed by atoms with Crippen LogP contribution in [0.3, 0.4) is 0 Å². The third-order valence-corrected chi connectivity index (χ3v) is 2.21. The molecule has 74 valence electrons. The van der Waals surface area contributed by atoms with Crippen molar-refractivity contribution in [2.24, 2.45) is 17.1 Å². The molecule has 2 N–H and O–H groups in total. The number of rotatable bonds is 1. The smallest absolute Gasteiger partial charge is 0.227 e. The van der Waals surface area contributed by atoms with E-state index in [2.05, 4.69) is 0 Å². The maximum atomic E-state index is 11.6. The Kier molecular flexibility index (Phi) is 2.32. The fourth-order valence-electron chi connectivity index (χ4n) is 1.30. The highest BCUT2D eigenvalue weighted by Crippen LogP contribution is 2.23. The molecule has 1 aliphatic heterocycles. The third-order valence-electron chi connectivity index (χ3n) is 2.21. The van der Waals surface area contributed by atoms with E-state index in [4.69, 9.17) is 5.73 Å². The van der Waals surface area contributed by atoms with E-state index in [-0.39, 0.29) is 23.1 Å². The van der Waals surface area contributed by atoms with Crippen LogP contribution in [0.25, 0.3) is 0 Å². The molecule has 0 unspecified atom stereocenters. The van der Waals surface area contributed by atoms with E-state index in [1.54, 1.807) is 4.90 Å². The zero-order valence-electron chi connectivity index (χ0n) is 8.33. The van der Waals surface area contributed by atoms with Gasteiger partial charge in [-0.3, -0.25) is 9.59 Å². The average molecular weight is 184 g/mol. The van der Waals surface area contributed by atoms with Crippen LogP contribution in [0.4, 0.5) is 0 Å². The van der Waals surface area contributed by atoms with Crippen LogP contribution in [-0.2, 0) is 9.59 Å². The SMILES string of the molecule is CC(C)(C)C(=O)N1CC(C(N)=O)C1. The molecule has 1 aliphatic rings. The van der Waals surface area contributed by atoms with Gasteiger partial charge in [-0.1, -0.05) is 20.8 Å². The molecule has 1 rings (SSSR count). The first kappa shape index (κ1) is 10.0. The summed E-state index contributed by atoms with van der Waals surface area (Å²) in [5.41, 5.74) is 4.73. The molecule has 0 aromatic heterocycles. The van der Waals surface area contributed by atoms with Crippen molar-refractivity contribution in [2.75, 3.05) is 13.1 Å². The van der Waals surface area contributed by atoms with E-state index < -0.39 is 0 Å². The lowest BCUT2D eigenvalue weighted by atomic mass is 9.90. The first-order chi connectivity index (χ1) is 5.82. The Labute approximate surface area is 78.1 Å². The number of hydrogen-bond donors (Lipinski definition) is 1. The Hall–Kier alpha value is -1.06. The zero-order valence-corrected chi connectivity index (χ0v) is 8.33. The molecule has 0 atom stereocenters. The zero-order chi connectivity index (χ0) is 10.2. The van der Waals surface area contributed by atoms with Gasteiger partial charge in [0.05, 0.1) is 5.92 Å². The lowest BCUT2D eigenvalue weighted by molar-refractivity contribution is -0.148. The van der Waals surface area contributed by atoms with Crippen molar-refractivity contribution in [3.05, 3.63) is 0 Å². The fourth-order valence-corrected chi connectivity index (χ4v) is 1.30. The summed E-state index contributed by atoms with van der Waals surface area (Å²) in [4.78, 5) is 23.9. The van der Waals surface area contributed by atoms with Crippen molar-refractivity contribution in [3.8, 4) is 0 Å². The van der Waals surface area contributed by atoms with E-state index in [1.165, 1.54) is 0 Å². The number of nitrogens with two attached hydrogens (primary N) is 1. The van der Waals surface area contributed by atoms with Gasteiger partial charge in [-0.05, 0) is 0 Å². The normalized spacial score (nSPS) is 18.2. The Bertz CT molecular complexity index is 236. The Morgan fingerprint density at radius 1 is 1.31 bits per heavy atom. The predicted molar refractivity (Wildman–Crippen MR) is 48.7 cm³/mol. The summed E-state index contributed by atoms with van der Waals surface area (Å²) in [6, 6.07) is 0. The van der Waals surface area contributed by atoms with Gasteiger partial charge in [0.1, 0.15) is 0 Å². The van der Waals surface area contributed by atoms with Crippen LogP contribution >= 0.6 is 0 Å². The minimum atomic E-state index is -0.359. The largest absolute Gasteiger partial charge is 0.369 e. The molecule has 0 aliphatic carbocycles. The molecule has 4 nitrogen and oxygen atoms in total. The molecule has 0 aromatic carbocycles. The highest BCUT2D eigenvalue weighted by atomic mass is 16.2. The summed E-state index contributed by atoms with van der Waals surface area (Å²) in [6.07, 6.45) is 0. The van der Waals surface area contributed by atoms with Crippen LogP contribution in [-0.4, -0.2) is 29.8 Å². The molecule has 0 radical (unpaired) electrons. The number of primary amides is 1. The number of nitrogens with zero attached hydrogens (tertiary/aromatic N) is 1. The molecule has 1 heterocycles. The van der Waals surface area contributed by atoms with Crippen molar-refractivity contribution < 1.29 is 9.59 Å². The quantitative estimate of drug-likeness (QED) is 0.622. The van der Waals surface area contributed by atoms with E-state index in [9.17, 15) is 9.59 Å². The Morgan fingerprint density at radius 2 is 1.77 bits per heavy atom. The number of hydrogen-bond acceptors (Lipinski definition) is 2. The van der Waals surface area contributed by atoms with Crippen molar-refractivity contribution in [1.29, 1.82) is 0 Å². The summed E-state index contributed by atoms with van der Waals surface area (Å²) >= 11 is 0. The van der Waals surface area contributed by atoms with Gasteiger partial charge in [0.15, 0.2) is 0 Å². The van der Waals surface area contributed by atoms with Crippen molar-refractivity contribution in [1.82, 2.24) is 4.90 Å². The third kappa shape index (κ3) is 1.99. The van der Waals surface area contributed by atoms with E-state index in [0.717, 1.165) is 0 Å². The predicted octanol–water partition coefficient (Wildman–Crippen LogP) is -0.0238. The molecule has 1 fully saturated rings. The van der Waals surface area contributed by atoms with Crippen LogP contribution in [0, 0.1) is 11.3 Å². The summed E-state index contributed by atoms with van der Waals surface area (Å²) in [6.45, 7) is 6.59. The summed E-state index contributed by atoms with van der Waals surface area (Å²) < 4.78 is 0. The minimum Gasteiger partial charge on any atom is -0.369 e. The van der Waals surface area contributed by atoms with Gasteiger partial charge in [0.25, 0.3) is 0 Å². The summed E-state index contributed by atoms with van der Waals surface area (Å²) in [7, 11) is 0. The van der Waals surface area contributed by atoms with Gasteiger partial charge < -0.3 is 10.6 Å². The molecule has 0 bridgehead atoms. The molecule has 2 amide bonds. The molecule has 0 aromatic rings. The number of likely N-dealkylation sites (tertiary alicyclic amines) is 1. The topological polar surface area (TPSA) is 63.4 Å². The van der Waals surface area contributed by atoms with Gasteiger partial charge in [-0.25, -0.2) is 0 Å². The van der Waals surface area contributed by atoms with E-state index in [1.807, 2.05) is 20.8 Å². The van der Waals surface area contributed by atoms with E-state index >= 15 is 0 Å². The van der Waals surface area contributed by atoms with Crippen molar-refractivity contribution >= 4 is 11.8 Å². The monoisotopic (exact) mass is 184 g/mol. The van der Waals surface area contributed by atoms with Crippen LogP contribution < -0.4 is 5.73 Å². The fraction of sp³-hybridized carbons (Fsp3) is 0.778. The van der Waals surface area contributed by atoms with Gasteiger partial charge in [0, 0.05) is 18.5 Å². The maximum absolute atomic E-state index is 11.6. The highest BCUT2D eigenvalue weighted by Gasteiger charge is 2.38. The highest BCUT2D eigenvalue weighted by molar-refractivity contribution is 5.86. The molecular weight excluding hydrogens is 168 g/mol. The van der Waals surface area contributed by atoms with Crippen molar-refractivity contribution in [3.63, 3.8) is 0 Å². The molecule has 1 saturated heterocycles. The standard InChI is InChI=1S/C9H16N2O2/c1-9(2,3)8(13)11-4-6(5-11)7(10)12/h6H,4-5H2,1-3H3,(H2,10,12). The maximum Gasteiger partial charge on any atom is 0.227 e.